The normalized spacial score (nSPS) is 20.6. The van der Waals surface area contributed by atoms with Crippen LogP contribution in [0.15, 0.2) is 11.0 Å². The van der Waals surface area contributed by atoms with Crippen molar-refractivity contribution in [3.8, 4) is 0 Å². The molecule has 1 amide bonds. The van der Waals surface area contributed by atoms with Gasteiger partial charge >= 0.3 is 0 Å². The number of rotatable bonds is 4. The molecule has 0 bridgehead atoms. The Hall–Kier alpha value is -1.73. The molecule has 1 fully saturated rings. The molecule has 7 heteroatoms. The number of hydrogen-bond acceptors (Lipinski definition) is 5. The summed E-state index contributed by atoms with van der Waals surface area (Å²) in [6.07, 6.45) is 6.70. The number of carbonyl (C=O) groups is 1. The molecule has 1 aliphatic carbocycles. The van der Waals surface area contributed by atoms with Gasteiger partial charge in [0.2, 0.25) is 0 Å². The molecule has 0 radical (unpaired) electrons. The van der Waals surface area contributed by atoms with Gasteiger partial charge in [0.25, 0.3) is 11.5 Å². The van der Waals surface area contributed by atoms with E-state index in [-0.39, 0.29) is 17.0 Å². The Bertz CT molecular complexity index is 841. The van der Waals surface area contributed by atoms with Gasteiger partial charge in [0, 0.05) is 29.4 Å². The smallest absolute Gasteiger partial charge is 0.271 e. The van der Waals surface area contributed by atoms with Gasteiger partial charge in [-0.2, -0.15) is 0 Å². The molecule has 6 nitrogen and oxygen atoms in total. The minimum absolute atomic E-state index is 0.154. The fourth-order valence-corrected chi connectivity index (χ4v) is 5.08. The van der Waals surface area contributed by atoms with Gasteiger partial charge in [0.1, 0.15) is 5.56 Å². The van der Waals surface area contributed by atoms with Crippen LogP contribution >= 0.6 is 11.3 Å². The van der Waals surface area contributed by atoms with Crippen LogP contribution in [0.3, 0.4) is 0 Å². The van der Waals surface area contributed by atoms with Crippen molar-refractivity contribution in [3.05, 3.63) is 32.7 Å². The van der Waals surface area contributed by atoms with Crippen molar-refractivity contribution in [2.75, 3.05) is 19.6 Å². The highest BCUT2D eigenvalue weighted by Gasteiger charge is 2.25. The molecule has 1 atom stereocenters. The average Bonchev–Trinajstić information content (AvgIpc) is 3.27. The van der Waals surface area contributed by atoms with Gasteiger partial charge in [-0.15, -0.1) is 11.3 Å². The highest BCUT2D eigenvalue weighted by atomic mass is 32.1. The van der Waals surface area contributed by atoms with E-state index in [1.54, 1.807) is 15.7 Å². The molecule has 0 saturated carbocycles. The summed E-state index contributed by atoms with van der Waals surface area (Å²) in [4.78, 5) is 33.9. The van der Waals surface area contributed by atoms with Crippen molar-refractivity contribution in [3.63, 3.8) is 0 Å². The first-order chi connectivity index (χ1) is 11.7. The van der Waals surface area contributed by atoms with Crippen LogP contribution in [0.4, 0.5) is 0 Å². The Morgan fingerprint density at radius 1 is 1.42 bits per heavy atom. The first kappa shape index (κ1) is 15.8. The number of amides is 1. The van der Waals surface area contributed by atoms with E-state index in [9.17, 15) is 9.59 Å². The fraction of sp³-hybridized carbons (Fsp3) is 0.588. The molecule has 2 aromatic heterocycles. The summed E-state index contributed by atoms with van der Waals surface area (Å²) in [7, 11) is 0. The van der Waals surface area contributed by atoms with E-state index in [0.29, 0.717) is 17.5 Å². The van der Waals surface area contributed by atoms with Crippen molar-refractivity contribution < 1.29 is 4.79 Å². The largest absolute Gasteiger partial charge is 0.350 e. The van der Waals surface area contributed by atoms with Crippen LogP contribution in [0.5, 0.6) is 0 Å². The van der Waals surface area contributed by atoms with Crippen molar-refractivity contribution in [2.24, 2.45) is 0 Å². The molecule has 0 aromatic carbocycles. The van der Waals surface area contributed by atoms with Crippen LogP contribution < -0.4 is 10.9 Å². The number of thiazole rings is 1. The summed E-state index contributed by atoms with van der Waals surface area (Å²) < 4.78 is 1.65. The number of nitrogens with one attached hydrogen (secondary N) is 1. The molecule has 24 heavy (non-hydrogen) atoms. The van der Waals surface area contributed by atoms with Gasteiger partial charge in [-0.05, 0) is 45.2 Å². The highest BCUT2D eigenvalue weighted by Crippen LogP contribution is 2.28. The number of hydrogen-bond donors (Lipinski definition) is 1. The molecular weight excluding hydrogens is 324 g/mol. The van der Waals surface area contributed by atoms with E-state index in [0.717, 1.165) is 44.5 Å². The Morgan fingerprint density at radius 2 is 2.29 bits per heavy atom. The van der Waals surface area contributed by atoms with Gasteiger partial charge in [-0.1, -0.05) is 6.92 Å². The molecule has 2 aromatic rings. The van der Waals surface area contributed by atoms with Crippen LogP contribution in [0, 0.1) is 0 Å². The highest BCUT2D eigenvalue weighted by molar-refractivity contribution is 7.17. The third kappa shape index (κ3) is 2.56. The van der Waals surface area contributed by atoms with Crippen molar-refractivity contribution in [1.82, 2.24) is 19.6 Å². The number of aryl methyl sites for hydroxylation is 2. The van der Waals surface area contributed by atoms with Crippen molar-refractivity contribution in [2.45, 2.75) is 45.1 Å². The van der Waals surface area contributed by atoms with E-state index in [1.807, 2.05) is 0 Å². The maximum atomic E-state index is 12.8. The van der Waals surface area contributed by atoms with E-state index in [1.165, 1.54) is 17.5 Å². The molecular formula is C17H22N4O2S. The number of carbonyl (C=O) groups excluding carboxylic acids is 1. The molecule has 1 N–H and O–H groups in total. The fourth-order valence-electron chi connectivity index (χ4n) is 3.91. The predicted molar refractivity (Wildman–Crippen MR) is 94.0 cm³/mol. The SMILES string of the molecule is CCN1CCCC1CNC(=O)c1cnc2sc3c(n2c1=O)CCC3. The van der Waals surface area contributed by atoms with E-state index in [2.05, 4.69) is 22.1 Å². The molecule has 1 unspecified atom stereocenters. The standard InChI is InChI=1S/C17H22N4O2S/c1-2-20-8-4-5-11(20)9-18-15(22)12-10-19-17-21(16(12)23)13-6-3-7-14(13)24-17/h10-11H,2-9H2,1H3,(H,18,22). The molecule has 3 heterocycles. The van der Waals surface area contributed by atoms with E-state index < -0.39 is 0 Å². The lowest BCUT2D eigenvalue weighted by Gasteiger charge is -2.22. The molecule has 1 aliphatic heterocycles. The van der Waals surface area contributed by atoms with Gasteiger partial charge in [0.15, 0.2) is 4.96 Å². The van der Waals surface area contributed by atoms with Crippen LogP contribution in [0.2, 0.25) is 0 Å². The lowest BCUT2D eigenvalue weighted by Crippen LogP contribution is -2.41. The number of nitrogens with zero attached hydrogens (tertiary/aromatic N) is 3. The molecule has 1 saturated heterocycles. The Kier molecular flexibility index (Phi) is 4.14. The first-order valence-corrected chi connectivity index (χ1v) is 9.55. The second-order valence-corrected chi connectivity index (χ2v) is 7.62. The summed E-state index contributed by atoms with van der Waals surface area (Å²) in [6.45, 7) is 4.82. The summed E-state index contributed by atoms with van der Waals surface area (Å²) >= 11 is 1.57. The third-order valence-corrected chi connectivity index (χ3v) is 6.36. The minimum atomic E-state index is -0.303. The lowest BCUT2D eigenvalue weighted by molar-refractivity contribution is 0.0939. The Balaban J connectivity index is 1.56. The molecule has 128 valence electrons. The minimum Gasteiger partial charge on any atom is -0.350 e. The second kappa shape index (κ2) is 6.29. The van der Waals surface area contributed by atoms with Crippen molar-refractivity contribution >= 4 is 22.2 Å². The third-order valence-electron chi connectivity index (χ3n) is 5.20. The van der Waals surface area contributed by atoms with Gasteiger partial charge in [-0.25, -0.2) is 4.98 Å². The van der Waals surface area contributed by atoms with Crippen LogP contribution in [-0.4, -0.2) is 45.9 Å². The lowest BCUT2D eigenvalue weighted by atomic mass is 10.2. The molecule has 4 rings (SSSR count). The summed E-state index contributed by atoms with van der Waals surface area (Å²) in [5, 5.41) is 2.94. The zero-order chi connectivity index (χ0) is 16.7. The second-order valence-electron chi connectivity index (χ2n) is 6.56. The zero-order valence-electron chi connectivity index (χ0n) is 13.9. The van der Waals surface area contributed by atoms with E-state index in [4.69, 9.17) is 0 Å². The van der Waals surface area contributed by atoms with Gasteiger partial charge in [-0.3, -0.25) is 18.9 Å². The first-order valence-electron chi connectivity index (χ1n) is 8.73. The topological polar surface area (TPSA) is 66.7 Å². The summed E-state index contributed by atoms with van der Waals surface area (Å²) in [5.74, 6) is -0.303. The molecule has 0 spiro atoms. The van der Waals surface area contributed by atoms with E-state index >= 15 is 0 Å². The number of likely N-dealkylation sites (N-methyl/N-ethyl adjacent to an activating group) is 1. The molecule has 2 aliphatic rings. The number of fused-ring (bicyclic) bond motifs is 3. The van der Waals surface area contributed by atoms with Crippen LogP contribution in [-0.2, 0) is 12.8 Å². The van der Waals surface area contributed by atoms with Gasteiger partial charge in [0.05, 0.1) is 0 Å². The van der Waals surface area contributed by atoms with Crippen molar-refractivity contribution in [1.29, 1.82) is 0 Å². The zero-order valence-corrected chi connectivity index (χ0v) is 14.7. The maximum Gasteiger partial charge on any atom is 0.271 e. The quantitative estimate of drug-likeness (QED) is 0.910. The van der Waals surface area contributed by atoms with Gasteiger partial charge < -0.3 is 5.32 Å². The Labute approximate surface area is 144 Å². The number of likely N-dealkylation sites (tertiary alicyclic amines) is 1. The average molecular weight is 346 g/mol. The number of aromatic nitrogens is 2. The summed E-state index contributed by atoms with van der Waals surface area (Å²) in [5.41, 5.74) is 0.979. The summed E-state index contributed by atoms with van der Waals surface area (Å²) in [6, 6.07) is 0.379. The van der Waals surface area contributed by atoms with Crippen LogP contribution in [0.1, 0.15) is 47.1 Å². The monoisotopic (exact) mass is 346 g/mol. The van der Waals surface area contributed by atoms with Crippen LogP contribution in [0.25, 0.3) is 4.96 Å². The maximum absolute atomic E-state index is 12.8. The Morgan fingerprint density at radius 3 is 3.12 bits per heavy atom. The predicted octanol–water partition coefficient (Wildman–Crippen LogP) is 1.46.